The average Bonchev–Trinajstić information content (AvgIpc) is 2.91. The van der Waals surface area contributed by atoms with Crippen LogP contribution in [-0.4, -0.2) is 70.4 Å². The predicted molar refractivity (Wildman–Crippen MR) is 130 cm³/mol. The van der Waals surface area contributed by atoms with E-state index < -0.39 is 26.7 Å². The van der Waals surface area contributed by atoms with Crippen LogP contribution in [0.4, 0.5) is 19.0 Å². The van der Waals surface area contributed by atoms with E-state index in [9.17, 15) is 21.6 Å². The number of nitrogens with zero attached hydrogens (tertiary/aromatic N) is 4. The van der Waals surface area contributed by atoms with Crippen LogP contribution in [-0.2, 0) is 16.2 Å². The standard InChI is InChI=1S/C24H25F3N4O5S/c1-34-19-14-16(15-20(35-2)23(19)36-3)18-8-9-22(29-28-18)30-10-12-31(13-11-30)37(32,33)21-7-5-4-6-17(21)24(25,26)27/h4-9,14-15H,10-13H2,1-3H3. The fourth-order valence-corrected chi connectivity index (χ4v) is 5.73. The molecule has 0 unspecified atom stereocenters. The topological polar surface area (TPSA) is 94.1 Å². The minimum absolute atomic E-state index is 0.00480. The molecule has 4 rings (SSSR count). The second kappa shape index (κ2) is 10.4. The number of aromatic nitrogens is 2. The number of halogens is 3. The fourth-order valence-electron chi connectivity index (χ4n) is 4.10. The van der Waals surface area contributed by atoms with Crippen molar-refractivity contribution in [3.63, 3.8) is 0 Å². The summed E-state index contributed by atoms with van der Waals surface area (Å²) in [4.78, 5) is 1.08. The Kier molecular flexibility index (Phi) is 7.46. The Morgan fingerprint density at radius 3 is 1.97 bits per heavy atom. The number of benzene rings is 2. The maximum Gasteiger partial charge on any atom is 0.417 e. The lowest BCUT2D eigenvalue weighted by molar-refractivity contribution is -0.139. The fraction of sp³-hybridized carbons (Fsp3) is 0.333. The van der Waals surface area contributed by atoms with Crippen LogP contribution in [0.5, 0.6) is 17.2 Å². The molecule has 0 atom stereocenters. The Labute approximate surface area is 212 Å². The van der Waals surface area contributed by atoms with Crippen molar-refractivity contribution in [2.75, 3.05) is 52.4 Å². The zero-order valence-corrected chi connectivity index (χ0v) is 21.1. The van der Waals surface area contributed by atoms with Gasteiger partial charge in [-0.3, -0.25) is 0 Å². The van der Waals surface area contributed by atoms with Gasteiger partial charge in [0.25, 0.3) is 0 Å². The van der Waals surface area contributed by atoms with Gasteiger partial charge in [0.1, 0.15) is 0 Å². The van der Waals surface area contributed by atoms with Gasteiger partial charge in [-0.1, -0.05) is 12.1 Å². The number of alkyl halides is 3. The molecule has 0 radical (unpaired) electrons. The van der Waals surface area contributed by atoms with Gasteiger partial charge < -0.3 is 19.1 Å². The highest BCUT2D eigenvalue weighted by Gasteiger charge is 2.39. The molecule has 9 nitrogen and oxygen atoms in total. The lowest BCUT2D eigenvalue weighted by atomic mass is 10.1. The molecular formula is C24H25F3N4O5S. The zero-order valence-electron chi connectivity index (χ0n) is 20.3. The van der Waals surface area contributed by atoms with Crippen molar-refractivity contribution in [2.24, 2.45) is 0 Å². The van der Waals surface area contributed by atoms with Gasteiger partial charge in [-0.25, -0.2) is 8.42 Å². The normalized spacial score (nSPS) is 14.9. The molecule has 1 aromatic heterocycles. The van der Waals surface area contributed by atoms with Crippen LogP contribution in [0, 0.1) is 0 Å². The smallest absolute Gasteiger partial charge is 0.417 e. The number of rotatable bonds is 7. The van der Waals surface area contributed by atoms with Crippen molar-refractivity contribution in [2.45, 2.75) is 11.1 Å². The lowest BCUT2D eigenvalue weighted by Crippen LogP contribution is -2.49. The minimum atomic E-state index is -4.78. The van der Waals surface area contributed by atoms with E-state index in [-0.39, 0.29) is 26.2 Å². The number of anilines is 1. The van der Waals surface area contributed by atoms with E-state index in [1.165, 1.54) is 33.5 Å². The molecule has 1 fully saturated rings. The minimum Gasteiger partial charge on any atom is -0.493 e. The van der Waals surface area contributed by atoms with E-state index in [1.807, 2.05) is 4.90 Å². The van der Waals surface area contributed by atoms with E-state index in [2.05, 4.69) is 10.2 Å². The quantitative estimate of drug-likeness (QED) is 0.450. The molecule has 1 aliphatic heterocycles. The SMILES string of the molecule is COc1cc(-c2ccc(N3CCN(S(=O)(=O)c4ccccc4C(F)(F)F)CC3)nn2)cc(OC)c1OC. The number of sulfonamides is 1. The Balaban J connectivity index is 1.50. The number of piperazine rings is 1. The van der Waals surface area contributed by atoms with Gasteiger partial charge in [0.2, 0.25) is 15.8 Å². The summed E-state index contributed by atoms with van der Waals surface area (Å²) in [6, 6.07) is 11.2. The molecule has 0 N–H and O–H groups in total. The molecule has 13 heteroatoms. The first-order chi connectivity index (χ1) is 17.6. The molecule has 0 aliphatic carbocycles. The summed E-state index contributed by atoms with van der Waals surface area (Å²) in [5, 5.41) is 8.55. The van der Waals surface area contributed by atoms with Crippen LogP contribution >= 0.6 is 0 Å². The Morgan fingerprint density at radius 2 is 1.46 bits per heavy atom. The molecule has 0 saturated carbocycles. The Morgan fingerprint density at radius 1 is 0.838 bits per heavy atom. The van der Waals surface area contributed by atoms with Gasteiger partial charge in [-0.15, -0.1) is 10.2 Å². The molecule has 0 spiro atoms. The lowest BCUT2D eigenvalue weighted by Gasteiger charge is -2.34. The highest BCUT2D eigenvalue weighted by molar-refractivity contribution is 7.89. The third-order valence-corrected chi connectivity index (χ3v) is 7.94. The van der Waals surface area contributed by atoms with Crippen LogP contribution in [0.2, 0.25) is 0 Å². The van der Waals surface area contributed by atoms with E-state index in [0.29, 0.717) is 34.3 Å². The summed E-state index contributed by atoms with van der Waals surface area (Å²) in [7, 11) is 0.205. The number of hydrogen-bond acceptors (Lipinski definition) is 8. The number of hydrogen-bond donors (Lipinski definition) is 0. The van der Waals surface area contributed by atoms with Crippen LogP contribution in [0.15, 0.2) is 53.4 Å². The third-order valence-electron chi connectivity index (χ3n) is 5.98. The first kappa shape index (κ1) is 26.5. The van der Waals surface area contributed by atoms with Crippen LogP contribution in [0.1, 0.15) is 5.56 Å². The Hall–Kier alpha value is -3.58. The summed E-state index contributed by atoms with van der Waals surface area (Å²) >= 11 is 0. The Bertz CT molecular complexity index is 1330. The van der Waals surface area contributed by atoms with Crippen molar-refractivity contribution in [3.8, 4) is 28.5 Å². The maximum atomic E-state index is 13.4. The first-order valence-corrected chi connectivity index (χ1v) is 12.6. The van der Waals surface area contributed by atoms with Crippen molar-refractivity contribution in [1.82, 2.24) is 14.5 Å². The zero-order chi connectivity index (χ0) is 26.8. The van der Waals surface area contributed by atoms with Gasteiger partial charge >= 0.3 is 6.18 Å². The molecule has 37 heavy (non-hydrogen) atoms. The maximum absolute atomic E-state index is 13.4. The van der Waals surface area contributed by atoms with Gasteiger partial charge in [0.15, 0.2) is 17.3 Å². The summed E-state index contributed by atoms with van der Waals surface area (Å²) < 4.78 is 83.3. The third kappa shape index (κ3) is 5.27. The summed E-state index contributed by atoms with van der Waals surface area (Å²) in [6.07, 6.45) is -4.78. The molecule has 1 aliphatic rings. The number of methoxy groups -OCH3 is 3. The average molecular weight is 539 g/mol. The first-order valence-electron chi connectivity index (χ1n) is 11.2. The predicted octanol–water partition coefficient (Wildman–Crippen LogP) is 3.70. The van der Waals surface area contributed by atoms with Gasteiger partial charge in [0.05, 0.1) is 37.5 Å². The van der Waals surface area contributed by atoms with Gasteiger partial charge in [-0.2, -0.15) is 17.5 Å². The van der Waals surface area contributed by atoms with Crippen LogP contribution < -0.4 is 19.1 Å². The molecular weight excluding hydrogens is 513 g/mol. The molecule has 0 amide bonds. The highest BCUT2D eigenvalue weighted by atomic mass is 32.2. The van der Waals surface area contributed by atoms with E-state index in [4.69, 9.17) is 14.2 Å². The van der Waals surface area contributed by atoms with Crippen LogP contribution in [0.3, 0.4) is 0 Å². The summed E-state index contributed by atoms with van der Waals surface area (Å²) in [5.74, 6) is 1.90. The van der Waals surface area contributed by atoms with E-state index in [0.717, 1.165) is 16.4 Å². The van der Waals surface area contributed by atoms with Crippen LogP contribution in [0.25, 0.3) is 11.3 Å². The van der Waals surface area contributed by atoms with Crippen molar-refractivity contribution < 1.29 is 35.8 Å². The molecule has 1 saturated heterocycles. The summed E-state index contributed by atoms with van der Waals surface area (Å²) in [5.41, 5.74) is 0.0615. The van der Waals surface area contributed by atoms with Crippen molar-refractivity contribution in [1.29, 1.82) is 0 Å². The molecule has 0 bridgehead atoms. The number of ether oxygens (including phenoxy) is 3. The van der Waals surface area contributed by atoms with Crippen molar-refractivity contribution >= 4 is 15.8 Å². The second-order valence-corrected chi connectivity index (χ2v) is 9.98. The molecule has 2 aromatic carbocycles. The largest absolute Gasteiger partial charge is 0.493 e. The highest BCUT2D eigenvalue weighted by Crippen LogP contribution is 2.41. The van der Waals surface area contributed by atoms with Gasteiger partial charge in [-0.05, 0) is 36.4 Å². The second-order valence-electron chi connectivity index (χ2n) is 8.08. The molecule has 3 aromatic rings. The van der Waals surface area contributed by atoms with E-state index >= 15 is 0 Å². The van der Waals surface area contributed by atoms with E-state index in [1.54, 1.807) is 24.3 Å². The monoisotopic (exact) mass is 538 g/mol. The van der Waals surface area contributed by atoms with Gasteiger partial charge in [0, 0.05) is 31.7 Å². The van der Waals surface area contributed by atoms with Crippen molar-refractivity contribution in [3.05, 3.63) is 54.1 Å². The summed E-state index contributed by atoms with van der Waals surface area (Å²) in [6.45, 7) is 0.493. The molecule has 198 valence electrons. The molecule has 2 heterocycles.